The van der Waals surface area contributed by atoms with Crippen LogP contribution in [-0.4, -0.2) is 75.1 Å². The number of carboxylic acids is 1. The first-order valence-electron chi connectivity index (χ1n) is 9.78. The van der Waals surface area contributed by atoms with E-state index < -0.39 is 55.0 Å². The van der Waals surface area contributed by atoms with Crippen molar-refractivity contribution >= 4 is 23.7 Å². The largest absolute Gasteiger partial charge is 0.480 e. The Balaban J connectivity index is 2.08. The smallest absolute Gasteiger partial charge is 0.322 e. The highest BCUT2D eigenvalue weighted by molar-refractivity contribution is 5.93. The molecule has 1 heterocycles. The zero-order valence-electron chi connectivity index (χ0n) is 17.2. The van der Waals surface area contributed by atoms with Crippen molar-refractivity contribution in [3.8, 4) is 0 Å². The van der Waals surface area contributed by atoms with E-state index in [1.807, 2.05) is 0 Å². The number of aliphatic hydroxyl groups is 1. The first kappa shape index (κ1) is 24.5. The highest BCUT2D eigenvalue weighted by Crippen LogP contribution is 2.05. The van der Waals surface area contributed by atoms with Crippen LogP contribution in [0.2, 0.25) is 0 Å². The third kappa shape index (κ3) is 7.81. The lowest BCUT2D eigenvalue weighted by molar-refractivity contribution is -0.138. The molecule has 2 aromatic rings. The van der Waals surface area contributed by atoms with E-state index in [9.17, 15) is 24.3 Å². The van der Waals surface area contributed by atoms with Gasteiger partial charge in [-0.3, -0.25) is 19.2 Å². The molecule has 0 bridgehead atoms. The summed E-state index contributed by atoms with van der Waals surface area (Å²) in [5.41, 5.74) is 7.33. The van der Waals surface area contributed by atoms with Crippen LogP contribution >= 0.6 is 0 Å². The van der Waals surface area contributed by atoms with Crippen molar-refractivity contribution in [1.82, 2.24) is 25.9 Å². The first-order chi connectivity index (χ1) is 15.3. The summed E-state index contributed by atoms with van der Waals surface area (Å²) in [5, 5.41) is 25.1. The number of benzene rings is 1. The van der Waals surface area contributed by atoms with Crippen LogP contribution in [0.5, 0.6) is 0 Å². The second-order valence-corrected chi connectivity index (χ2v) is 6.99. The molecule has 3 atom stereocenters. The fourth-order valence-electron chi connectivity index (χ4n) is 2.82. The SMILES string of the molecule is NC(Cc1cnc[nH]1)C(=O)NC(Cc1ccccc1)C(=O)NC(CO)C(=O)NCC(=O)O. The molecule has 2 rings (SSSR count). The Bertz CT molecular complexity index is 905. The van der Waals surface area contributed by atoms with E-state index in [1.165, 1.54) is 12.5 Å². The summed E-state index contributed by atoms with van der Waals surface area (Å²) in [4.78, 5) is 54.8. The number of imidazole rings is 1. The minimum atomic E-state index is -1.39. The summed E-state index contributed by atoms with van der Waals surface area (Å²) in [5.74, 6) is -3.47. The van der Waals surface area contributed by atoms with Gasteiger partial charge in [0.25, 0.3) is 0 Å². The predicted molar refractivity (Wildman–Crippen MR) is 112 cm³/mol. The highest BCUT2D eigenvalue weighted by Gasteiger charge is 2.28. The number of carboxylic acid groups (broad SMARTS) is 1. The zero-order chi connectivity index (χ0) is 23.5. The Labute approximate surface area is 183 Å². The van der Waals surface area contributed by atoms with E-state index in [4.69, 9.17) is 10.8 Å². The van der Waals surface area contributed by atoms with Crippen molar-refractivity contribution in [2.24, 2.45) is 5.73 Å². The van der Waals surface area contributed by atoms with E-state index in [0.717, 1.165) is 5.56 Å². The van der Waals surface area contributed by atoms with Gasteiger partial charge in [-0.1, -0.05) is 30.3 Å². The quantitative estimate of drug-likeness (QED) is 0.188. The van der Waals surface area contributed by atoms with E-state index in [1.54, 1.807) is 30.3 Å². The predicted octanol–water partition coefficient (Wildman–Crippen LogP) is -2.32. The molecule has 0 saturated heterocycles. The fourth-order valence-corrected chi connectivity index (χ4v) is 2.82. The number of hydrogen-bond donors (Lipinski definition) is 7. The number of nitrogens with two attached hydrogens (primary N) is 1. The average molecular weight is 446 g/mol. The number of aromatic nitrogens is 2. The van der Waals surface area contributed by atoms with E-state index >= 15 is 0 Å². The van der Waals surface area contributed by atoms with Gasteiger partial charge in [-0.05, 0) is 5.56 Å². The Morgan fingerprint density at radius 3 is 2.28 bits per heavy atom. The number of nitrogens with zero attached hydrogens (tertiary/aromatic N) is 1. The molecule has 8 N–H and O–H groups in total. The van der Waals surface area contributed by atoms with Crippen LogP contribution in [-0.2, 0) is 32.0 Å². The third-order valence-electron chi connectivity index (χ3n) is 4.48. The van der Waals surface area contributed by atoms with E-state index in [0.29, 0.717) is 5.69 Å². The highest BCUT2D eigenvalue weighted by atomic mass is 16.4. The van der Waals surface area contributed by atoms with Gasteiger partial charge in [0, 0.05) is 24.7 Å². The second-order valence-electron chi connectivity index (χ2n) is 6.99. The van der Waals surface area contributed by atoms with Crippen LogP contribution in [0.1, 0.15) is 11.3 Å². The third-order valence-corrected chi connectivity index (χ3v) is 4.48. The van der Waals surface area contributed by atoms with Gasteiger partial charge in [0.1, 0.15) is 18.6 Å². The number of amides is 3. The normalized spacial score (nSPS) is 13.4. The van der Waals surface area contributed by atoms with Crippen LogP contribution in [0.25, 0.3) is 0 Å². The van der Waals surface area contributed by atoms with Gasteiger partial charge in [0.15, 0.2) is 0 Å². The monoisotopic (exact) mass is 446 g/mol. The molecule has 0 saturated carbocycles. The molecule has 12 nitrogen and oxygen atoms in total. The average Bonchev–Trinajstić information content (AvgIpc) is 3.28. The number of hydrogen-bond acceptors (Lipinski definition) is 7. The molecular formula is C20H26N6O6. The fraction of sp³-hybridized carbons (Fsp3) is 0.350. The summed E-state index contributed by atoms with van der Waals surface area (Å²) in [6.45, 7) is -1.43. The van der Waals surface area contributed by atoms with Crippen LogP contribution in [0.3, 0.4) is 0 Å². The molecule has 0 spiro atoms. The summed E-state index contributed by atoms with van der Waals surface area (Å²) in [6, 6.07) is 5.41. The zero-order valence-corrected chi connectivity index (χ0v) is 17.2. The Morgan fingerprint density at radius 2 is 1.69 bits per heavy atom. The molecule has 1 aromatic carbocycles. The Morgan fingerprint density at radius 1 is 1.00 bits per heavy atom. The molecule has 12 heteroatoms. The topological polar surface area (TPSA) is 200 Å². The minimum absolute atomic E-state index is 0.101. The van der Waals surface area contributed by atoms with Crippen molar-refractivity contribution in [3.05, 3.63) is 54.1 Å². The molecule has 0 aliphatic heterocycles. The molecule has 3 amide bonds. The van der Waals surface area contributed by atoms with Gasteiger partial charge in [-0.25, -0.2) is 4.98 Å². The number of aromatic amines is 1. The van der Waals surface area contributed by atoms with Crippen LogP contribution in [0.4, 0.5) is 0 Å². The number of H-pyrrole nitrogens is 1. The standard InChI is InChI=1S/C20H26N6O6/c21-14(7-13-8-22-11-24-13)18(30)25-15(6-12-4-2-1-3-5-12)20(32)26-16(10-27)19(31)23-9-17(28)29/h1-5,8,11,14-16,27H,6-7,9-10,21H2,(H,22,24)(H,23,31)(H,25,30)(H,26,32)(H,28,29). The summed E-state index contributed by atoms with van der Waals surface area (Å²) in [6.07, 6.45) is 3.26. The molecule has 1 aromatic heterocycles. The molecule has 3 unspecified atom stereocenters. The van der Waals surface area contributed by atoms with Gasteiger partial charge < -0.3 is 36.9 Å². The Hall–Kier alpha value is -3.77. The molecule has 0 aliphatic carbocycles. The lowest BCUT2D eigenvalue weighted by Gasteiger charge is -2.23. The Kier molecular flexibility index (Phi) is 9.32. The second kappa shape index (κ2) is 12.2. The number of aliphatic carboxylic acids is 1. The van der Waals surface area contributed by atoms with Gasteiger partial charge in [-0.2, -0.15) is 0 Å². The summed E-state index contributed by atoms with van der Waals surface area (Å²) >= 11 is 0. The van der Waals surface area contributed by atoms with Crippen LogP contribution < -0.4 is 21.7 Å². The maximum atomic E-state index is 12.8. The van der Waals surface area contributed by atoms with Gasteiger partial charge in [0.05, 0.1) is 19.0 Å². The number of aliphatic hydroxyl groups excluding tert-OH is 1. The van der Waals surface area contributed by atoms with Gasteiger partial charge in [0.2, 0.25) is 17.7 Å². The van der Waals surface area contributed by atoms with Gasteiger partial charge >= 0.3 is 5.97 Å². The van der Waals surface area contributed by atoms with Crippen molar-refractivity contribution in [3.63, 3.8) is 0 Å². The molecular weight excluding hydrogens is 420 g/mol. The summed E-state index contributed by atoms with van der Waals surface area (Å²) in [7, 11) is 0. The maximum absolute atomic E-state index is 12.8. The number of rotatable bonds is 12. The van der Waals surface area contributed by atoms with Crippen molar-refractivity contribution < 1.29 is 29.4 Å². The van der Waals surface area contributed by atoms with Crippen LogP contribution in [0, 0.1) is 0 Å². The lowest BCUT2D eigenvalue weighted by atomic mass is 10.0. The molecule has 172 valence electrons. The molecule has 0 radical (unpaired) electrons. The van der Waals surface area contributed by atoms with E-state index in [2.05, 4.69) is 25.9 Å². The molecule has 32 heavy (non-hydrogen) atoms. The first-order valence-corrected chi connectivity index (χ1v) is 9.78. The maximum Gasteiger partial charge on any atom is 0.322 e. The number of carbonyl (C=O) groups is 4. The van der Waals surface area contributed by atoms with E-state index in [-0.39, 0.29) is 12.8 Å². The van der Waals surface area contributed by atoms with Crippen molar-refractivity contribution in [2.45, 2.75) is 31.0 Å². The van der Waals surface area contributed by atoms with Crippen molar-refractivity contribution in [2.75, 3.05) is 13.2 Å². The van der Waals surface area contributed by atoms with Crippen molar-refractivity contribution in [1.29, 1.82) is 0 Å². The summed E-state index contributed by atoms with van der Waals surface area (Å²) < 4.78 is 0. The van der Waals surface area contributed by atoms with Crippen LogP contribution in [0.15, 0.2) is 42.9 Å². The number of nitrogens with one attached hydrogen (secondary N) is 4. The minimum Gasteiger partial charge on any atom is -0.480 e. The number of carbonyl (C=O) groups excluding carboxylic acids is 3. The van der Waals surface area contributed by atoms with Gasteiger partial charge in [-0.15, -0.1) is 0 Å². The molecule has 0 aliphatic rings. The lowest BCUT2D eigenvalue weighted by Crippen LogP contribution is -2.57. The molecule has 0 fully saturated rings.